The van der Waals surface area contributed by atoms with Crippen molar-refractivity contribution in [2.45, 2.75) is 41.5 Å². The molecule has 119 heavy (non-hydrogen) atoms. The first-order valence-corrected chi connectivity index (χ1v) is 37.1. The maximum atomic E-state index is 13.0. The molecule has 18 rings (SSSR count). The normalized spacial score (nSPS) is 10.9. The van der Waals surface area contributed by atoms with E-state index >= 15 is 0 Å². The van der Waals surface area contributed by atoms with Crippen LogP contribution < -0.4 is 0 Å². The van der Waals surface area contributed by atoms with Gasteiger partial charge in [-0.1, -0.05) is 170 Å². The van der Waals surface area contributed by atoms with Crippen molar-refractivity contribution in [2.24, 2.45) is 0 Å². The molecule has 0 saturated carbocycles. The van der Waals surface area contributed by atoms with Crippen molar-refractivity contribution in [3.63, 3.8) is 0 Å². The minimum absolute atomic E-state index is 0. The van der Waals surface area contributed by atoms with Gasteiger partial charge in [-0.3, -0.25) is 0 Å². The maximum Gasteiger partial charge on any atom is 0.123 e. The van der Waals surface area contributed by atoms with E-state index in [9.17, 15) is 4.39 Å². The molecule has 0 atom stereocenters. The van der Waals surface area contributed by atoms with Gasteiger partial charge in [-0.2, -0.15) is 0 Å². The number of nitrogens with zero attached hydrogens (tertiary/aromatic N) is 7. The molecule has 0 fully saturated rings. The van der Waals surface area contributed by atoms with Gasteiger partial charge in [-0.25, -0.2) is 4.39 Å². The number of rotatable bonds is 11. The van der Waals surface area contributed by atoms with Crippen LogP contribution in [0.5, 0.6) is 0 Å². The third-order valence-corrected chi connectivity index (χ3v) is 17.9. The molecule has 0 amide bonds. The Labute approximate surface area is 767 Å². The molecule has 12 heteroatoms. The van der Waals surface area contributed by atoms with Crippen LogP contribution in [0.25, 0.3) is 123 Å². The molecular formula is C107H83FIr4N7-7. The van der Waals surface area contributed by atoms with E-state index in [0.717, 1.165) is 89.8 Å². The second-order valence-electron chi connectivity index (χ2n) is 26.0. The van der Waals surface area contributed by atoms with Crippen molar-refractivity contribution in [1.29, 1.82) is 0 Å². The van der Waals surface area contributed by atoms with Crippen LogP contribution in [-0.4, -0.2) is 34.9 Å². The average molecular weight is 2260 g/mol. The summed E-state index contributed by atoms with van der Waals surface area (Å²) in [6.45, 7) is 12.1. The first kappa shape index (κ1) is 79.5. The van der Waals surface area contributed by atoms with Crippen LogP contribution in [0, 0.1) is 89.8 Å². The smallest absolute Gasteiger partial charge is 0.123 e. The fourth-order valence-electron chi connectivity index (χ4n) is 11.9. The number of hydrogen-bond donors (Lipinski definition) is 0. The summed E-state index contributed by atoms with van der Waals surface area (Å²) in [4.78, 5) is 30.6. The third kappa shape index (κ3) is 27.5. The quantitative estimate of drug-likeness (QED) is 0.119. The fourth-order valence-corrected chi connectivity index (χ4v) is 11.9. The molecule has 0 N–H and O–H groups in total. The minimum Gasteiger partial charge on any atom is -0.305 e. The zero-order chi connectivity index (χ0) is 87.4. The van der Waals surface area contributed by atoms with Gasteiger partial charge >= 0.3 is 0 Å². The fraction of sp³-hybridized carbons (Fsp3) is 0.0561. The van der Waals surface area contributed by atoms with Gasteiger partial charge < -0.3 is 34.9 Å². The van der Waals surface area contributed by atoms with Gasteiger partial charge in [0.2, 0.25) is 0 Å². The Morgan fingerprint density at radius 3 is 1.02 bits per heavy atom. The molecule has 18 aromatic rings. The maximum absolute atomic E-state index is 13.0. The monoisotopic (exact) mass is 2270 g/mol. The third-order valence-electron chi connectivity index (χ3n) is 17.9. The predicted molar refractivity (Wildman–Crippen MR) is 470 cm³/mol. The van der Waals surface area contributed by atoms with E-state index < -0.39 is 6.04 Å². The SMILES string of the molecule is Cc1cc(-c2[c-]cccc2)ncc1-c1ccccc1.Cc1cc(-c2[c-]cccc2)ncc1-c1ccccc1.Cc1ccc[c-]c1-c1ccccn1.Cc1cccnc1-c1[c-]cccc1.[2H]c1[c-]c(-c2cc(C)c(-c3ccc(F)cc3)cn2)c([2H])c([2H])c1[2H].[2H]c1c([2H])c([2H])c(-c2cnc(-c3[c-]cccc3)cc2C)c([2H])c1[2H].[Ir].[Ir].[Ir].[Ir].[c-]1ccccc1-c1ccccn1. The van der Waals surface area contributed by atoms with Gasteiger partial charge in [0.25, 0.3) is 0 Å². The molecule has 0 aliphatic rings. The summed E-state index contributed by atoms with van der Waals surface area (Å²) < 4.78 is 83.5. The van der Waals surface area contributed by atoms with E-state index in [1.165, 1.54) is 56.6 Å². The van der Waals surface area contributed by atoms with Crippen molar-refractivity contribution in [2.75, 3.05) is 0 Å². The summed E-state index contributed by atoms with van der Waals surface area (Å²) in [5.74, 6) is -0.309. The van der Waals surface area contributed by atoms with Crippen LogP contribution in [0.3, 0.4) is 0 Å². The zero-order valence-electron chi connectivity index (χ0n) is 74.7. The minimum atomic E-state index is -0.394. The van der Waals surface area contributed by atoms with Crippen molar-refractivity contribution < 1.29 is 97.1 Å². The van der Waals surface area contributed by atoms with Crippen LogP contribution >= 0.6 is 0 Å². The van der Waals surface area contributed by atoms with Crippen LogP contribution in [-0.2, 0) is 80.4 Å². The average Bonchev–Trinajstić information content (AvgIpc) is 0.769. The second-order valence-corrected chi connectivity index (χ2v) is 26.0. The van der Waals surface area contributed by atoms with E-state index in [1.54, 1.807) is 49.1 Å². The Morgan fingerprint density at radius 1 is 0.252 bits per heavy atom. The van der Waals surface area contributed by atoms with Crippen molar-refractivity contribution in [1.82, 2.24) is 34.9 Å². The van der Waals surface area contributed by atoms with Crippen LogP contribution in [0.4, 0.5) is 4.39 Å². The number of aryl methyl sites for hydroxylation is 6. The second kappa shape index (κ2) is 49.3. The zero-order valence-corrected chi connectivity index (χ0v) is 75.3. The Bertz CT molecular complexity index is 6270. The Hall–Kier alpha value is -12.0. The van der Waals surface area contributed by atoms with E-state index in [0.29, 0.717) is 11.3 Å². The molecule has 0 bridgehead atoms. The molecule has 596 valence electrons. The Kier molecular flexibility index (Phi) is 32.9. The number of hydrogen-bond acceptors (Lipinski definition) is 7. The van der Waals surface area contributed by atoms with Crippen molar-refractivity contribution in [3.05, 3.63) is 477 Å². The Morgan fingerprint density at radius 2 is 0.613 bits per heavy atom. The molecule has 4 radical (unpaired) electrons. The summed E-state index contributed by atoms with van der Waals surface area (Å²) >= 11 is 0. The molecule has 7 nitrogen and oxygen atoms in total. The van der Waals surface area contributed by atoms with Gasteiger partial charge in [0.15, 0.2) is 0 Å². The standard InChI is InChI=1S/C18H13FN.3C18H14N.2C12H10N.C11H8N.4Ir/c1-13-11-18(15-5-3-2-4-6-15)20-12-17(13)14-7-9-16(19)10-8-14;3*1-14-12-18(16-10-6-3-7-11-16)19-13-17(14)15-8-4-2-5-9-15;1-10-6-2-3-7-11(10)12-8-4-5-9-13-12;1-10-6-5-9-13-12(10)11-7-3-2-4-8-11;1-2-6-10(7-3-1)11-8-4-5-9-12-11;;;;/h2-5,7-12H,1H3;3*2-10,12-13H,1H3;2-6,8-9H,1H3;2-7,9H,1H3;1-6,8-9H;;;;/q7*-1;;;;/i2D,3D,4D,5D;2D,4D,5D,8D,9D;;;;;;;;;. The Balaban J connectivity index is 0.000000186. The first-order chi connectivity index (χ1) is 60.2. The van der Waals surface area contributed by atoms with E-state index in [-0.39, 0.29) is 146 Å². The molecule has 11 aromatic carbocycles. The topological polar surface area (TPSA) is 90.2 Å². The molecule has 0 aliphatic heterocycles. The van der Waals surface area contributed by atoms with Gasteiger partial charge in [0, 0.05) is 149 Å². The van der Waals surface area contributed by atoms with Gasteiger partial charge in [0.1, 0.15) is 5.82 Å². The summed E-state index contributed by atoms with van der Waals surface area (Å²) in [7, 11) is 0. The van der Waals surface area contributed by atoms with Crippen LogP contribution in [0.1, 0.15) is 45.7 Å². The molecule has 0 unspecified atom stereocenters. The predicted octanol–water partition coefficient (Wildman–Crippen LogP) is 26.5. The van der Waals surface area contributed by atoms with E-state index in [4.69, 9.17) is 12.3 Å². The largest absolute Gasteiger partial charge is 0.305 e. The summed E-state index contributed by atoms with van der Waals surface area (Å²) in [5.41, 5.74) is 26.0. The van der Waals surface area contributed by atoms with Gasteiger partial charge in [-0.05, 0) is 152 Å². The molecule has 7 aromatic heterocycles. The van der Waals surface area contributed by atoms with E-state index in [1.807, 2.05) is 245 Å². The molecule has 0 saturated heterocycles. The summed E-state index contributed by atoms with van der Waals surface area (Å²) in [6.07, 6.45) is 12.5. The van der Waals surface area contributed by atoms with Crippen LogP contribution in [0.2, 0.25) is 0 Å². The van der Waals surface area contributed by atoms with Gasteiger partial charge in [0.05, 0.1) is 6.85 Å². The van der Waals surface area contributed by atoms with E-state index in [2.05, 4.69) is 154 Å². The summed E-state index contributed by atoms with van der Waals surface area (Å²) in [5, 5.41) is 0. The molecule has 7 heterocycles. The van der Waals surface area contributed by atoms with Crippen molar-refractivity contribution in [3.8, 4) is 123 Å². The number of benzene rings is 11. The molecule has 0 aliphatic carbocycles. The number of pyridine rings is 7. The van der Waals surface area contributed by atoms with Crippen LogP contribution in [0.15, 0.2) is 395 Å². The first-order valence-electron chi connectivity index (χ1n) is 41.6. The van der Waals surface area contributed by atoms with Gasteiger partial charge in [-0.15, -0.1) is 251 Å². The number of aromatic nitrogens is 7. The van der Waals surface area contributed by atoms with Crippen molar-refractivity contribution >= 4 is 0 Å². The molecule has 0 spiro atoms. The number of halogens is 1. The molecular weight excluding hydrogens is 2170 g/mol. The summed E-state index contributed by atoms with van der Waals surface area (Å²) in [6, 6.07) is 114.